The molecular formula is C21H16ClF2N5O3. The van der Waals surface area contributed by atoms with Crippen molar-refractivity contribution in [3.05, 3.63) is 76.6 Å². The molecule has 3 aromatic rings. The number of alkyl halides is 1. The Morgan fingerprint density at radius 3 is 2.25 bits per heavy atom. The van der Waals surface area contributed by atoms with Crippen LogP contribution >= 0.6 is 11.6 Å². The topological polar surface area (TPSA) is 107 Å². The van der Waals surface area contributed by atoms with E-state index in [9.17, 15) is 23.2 Å². The molecule has 0 aliphatic carbocycles. The maximum Gasteiger partial charge on any atom is 0.275 e. The molecule has 0 radical (unpaired) electrons. The van der Waals surface area contributed by atoms with Gasteiger partial charge in [0.2, 0.25) is 0 Å². The smallest absolute Gasteiger partial charge is 0.275 e. The fraction of sp³-hybridized carbons (Fsp3) is 0.143. The lowest BCUT2D eigenvalue weighted by Gasteiger charge is -2.33. The first-order valence-corrected chi connectivity index (χ1v) is 9.84. The number of halogens is 3. The molecule has 0 atom stereocenters. The third-order valence-corrected chi connectivity index (χ3v) is 5.08. The predicted octanol–water partition coefficient (Wildman–Crippen LogP) is 3.50. The Morgan fingerprint density at radius 2 is 1.66 bits per heavy atom. The first-order chi connectivity index (χ1) is 15.3. The SMILES string of the molecule is O=C(Nc1ccc(NC(=O)c2[nH]cnc2C(=O)N2CC(F)C2)cc1)c1ccc(F)cc1Cl. The summed E-state index contributed by atoms with van der Waals surface area (Å²) in [5.41, 5.74) is 0.802. The summed E-state index contributed by atoms with van der Waals surface area (Å²) in [5.74, 6) is -2.19. The second kappa shape index (κ2) is 8.75. The zero-order valence-corrected chi connectivity index (χ0v) is 17.1. The van der Waals surface area contributed by atoms with Gasteiger partial charge in [0.15, 0.2) is 5.69 Å². The Bertz CT molecular complexity index is 1190. The molecule has 1 fully saturated rings. The summed E-state index contributed by atoms with van der Waals surface area (Å²) in [5, 5.41) is 5.23. The standard InChI is InChI=1S/C21H16ClF2N5O3/c22-16-7-11(23)1-6-15(16)19(30)27-13-2-4-14(5-3-13)28-20(31)17-18(26-10-25-17)21(32)29-8-12(24)9-29/h1-7,10,12H,8-9H2,(H,25,26)(H,27,30)(H,28,31). The largest absolute Gasteiger partial charge is 0.340 e. The highest BCUT2D eigenvalue weighted by Gasteiger charge is 2.34. The molecular weight excluding hydrogens is 444 g/mol. The van der Waals surface area contributed by atoms with Crippen molar-refractivity contribution >= 4 is 40.7 Å². The van der Waals surface area contributed by atoms with Crippen LogP contribution in [-0.2, 0) is 0 Å². The van der Waals surface area contributed by atoms with E-state index in [0.717, 1.165) is 12.1 Å². The average molecular weight is 460 g/mol. The van der Waals surface area contributed by atoms with Gasteiger partial charge in [0.1, 0.15) is 17.7 Å². The van der Waals surface area contributed by atoms with E-state index in [1.807, 2.05) is 0 Å². The zero-order valence-electron chi connectivity index (χ0n) is 16.4. The molecule has 0 bridgehead atoms. The van der Waals surface area contributed by atoms with Crippen molar-refractivity contribution < 1.29 is 23.2 Å². The van der Waals surface area contributed by atoms with Crippen LogP contribution in [0.1, 0.15) is 31.3 Å². The number of anilines is 2. The van der Waals surface area contributed by atoms with Crippen LogP contribution in [0.2, 0.25) is 5.02 Å². The summed E-state index contributed by atoms with van der Waals surface area (Å²) in [4.78, 5) is 45.0. The van der Waals surface area contributed by atoms with Crippen LogP contribution in [0.3, 0.4) is 0 Å². The molecule has 4 rings (SSSR count). The summed E-state index contributed by atoms with van der Waals surface area (Å²) in [7, 11) is 0. The Morgan fingerprint density at radius 1 is 1.03 bits per heavy atom. The fourth-order valence-corrected chi connectivity index (χ4v) is 3.33. The van der Waals surface area contributed by atoms with Crippen LogP contribution in [0.15, 0.2) is 48.8 Å². The van der Waals surface area contributed by atoms with Crippen LogP contribution in [0.5, 0.6) is 0 Å². The lowest BCUT2D eigenvalue weighted by Crippen LogP contribution is -2.51. The second-order valence-electron chi connectivity index (χ2n) is 7.04. The molecule has 8 nitrogen and oxygen atoms in total. The number of H-pyrrole nitrogens is 1. The fourth-order valence-electron chi connectivity index (χ4n) is 3.07. The van der Waals surface area contributed by atoms with Gasteiger partial charge in [-0.05, 0) is 42.5 Å². The molecule has 1 aliphatic rings. The normalized spacial score (nSPS) is 13.4. The van der Waals surface area contributed by atoms with Gasteiger partial charge in [0.25, 0.3) is 17.7 Å². The molecule has 1 saturated heterocycles. The summed E-state index contributed by atoms with van der Waals surface area (Å²) < 4.78 is 26.2. The van der Waals surface area contributed by atoms with Crippen molar-refractivity contribution in [2.75, 3.05) is 23.7 Å². The van der Waals surface area contributed by atoms with Gasteiger partial charge in [0.05, 0.1) is 30.0 Å². The average Bonchev–Trinajstić information content (AvgIpc) is 3.22. The number of nitrogens with zero attached hydrogens (tertiary/aromatic N) is 2. The Labute approximate surface area is 185 Å². The number of rotatable bonds is 5. The van der Waals surface area contributed by atoms with E-state index in [2.05, 4.69) is 20.6 Å². The van der Waals surface area contributed by atoms with Gasteiger partial charge in [-0.1, -0.05) is 11.6 Å². The zero-order chi connectivity index (χ0) is 22.8. The number of carbonyl (C=O) groups is 3. The minimum atomic E-state index is -1.06. The maximum absolute atomic E-state index is 13.1. The number of hydrogen-bond donors (Lipinski definition) is 3. The molecule has 2 heterocycles. The Balaban J connectivity index is 1.40. The highest BCUT2D eigenvalue weighted by atomic mass is 35.5. The number of amides is 3. The number of aromatic amines is 1. The van der Waals surface area contributed by atoms with Gasteiger partial charge in [-0.3, -0.25) is 14.4 Å². The molecule has 11 heteroatoms. The predicted molar refractivity (Wildman–Crippen MR) is 113 cm³/mol. The van der Waals surface area contributed by atoms with Gasteiger partial charge < -0.3 is 20.5 Å². The van der Waals surface area contributed by atoms with E-state index in [4.69, 9.17) is 11.6 Å². The third-order valence-electron chi connectivity index (χ3n) is 4.77. The summed E-state index contributed by atoms with van der Waals surface area (Å²) in [6.07, 6.45) is 0.155. The molecule has 1 aliphatic heterocycles. The minimum Gasteiger partial charge on any atom is -0.340 e. The van der Waals surface area contributed by atoms with E-state index in [0.29, 0.717) is 11.4 Å². The van der Waals surface area contributed by atoms with E-state index in [1.165, 1.54) is 17.3 Å². The van der Waals surface area contributed by atoms with Crippen LogP contribution in [0, 0.1) is 5.82 Å². The molecule has 3 N–H and O–H groups in total. The monoisotopic (exact) mass is 459 g/mol. The number of aromatic nitrogens is 2. The first-order valence-electron chi connectivity index (χ1n) is 9.46. The van der Waals surface area contributed by atoms with Crippen LogP contribution in [0.25, 0.3) is 0 Å². The van der Waals surface area contributed by atoms with E-state index in [-0.39, 0.29) is 35.1 Å². The molecule has 3 amide bonds. The maximum atomic E-state index is 13.1. The number of hydrogen-bond acceptors (Lipinski definition) is 4. The van der Waals surface area contributed by atoms with Crippen molar-refractivity contribution in [1.29, 1.82) is 0 Å². The van der Waals surface area contributed by atoms with E-state index >= 15 is 0 Å². The van der Waals surface area contributed by atoms with Crippen molar-refractivity contribution in [1.82, 2.24) is 14.9 Å². The summed E-state index contributed by atoms with van der Waals surface area (Å²) in [6.45, 7) is -0.0495. The highest BCUT2D eigenvalue weighted by molar-refractivity contribution is 6.34. The number of likely N-dealkylation sites (tertiary alicyclic amines) is 1. The van der Waals surface area contributed by atoms with Gasteiger partial charge in [-0.25, -0.2) is 13.8 Å². The molecule has 32 heavy (non-hydrogen) atoms. The Kier molecular flexibility index (Phi) is 5.87. The molecule has 164 valence electrons. The van der Waals surface area contributed by atoms with Crippen molar-refractivity contribution in [3.63, 3.8) is 0 Å². The van der Waals surface area contributed by atoms with Crippen molar-refractivity contribution in [2.24, 2.45) is 0 Å². The van der Waals surface area contributed by atoms with Gasteiger partial charge in [0, 0.05) is 11.4 Å². The number of nitrogens with one attached hydrogen (secondary N) is 3. The molecule has 1 aromatic heterocycles. The quantitative estimate of drug-likeness (QED) is 0.542. The van der Waals surface area contributed by atoms with E-state index in [1.54, 1.807) is 24.3 Å². The lowest BCUT2D eigenvalue weighted by molar-refractivity contribution is 0.0393. The van der Waals surface area contributed by atoms with Crippen molar-refractivity contribution in [3.8, 4) is 0 Å². The van der Waals surface area contributed by atoms with Gasteiger partial charge in [-0.15, -0.1) is 0 Å². The molecule has 0 spiro atoms. The lowest BCUT2D eigenvalue weighted by atomic mass is 10.1. The number of imidazole rings is 1. The first kappa shape index (κ1) is 21.4. The number of benzene rings is 2. The third kappa shape index (κ3) is 4.45. The summed E-state index contributed by atoms with van der Waals surface area (Å²) in [6, 6.07) is 9.63. The van der Waals surface area contributed by atoms with Crippen LogP contribution in [0.4, 0.5) is 20.2 Å². The molecule has 0 unspecified atom stereocenters. The van der Waals surface area contributed by atoms with Crippen LogP contribution in [-0.4, -0.2) is 51.9 Å². The van der Waals surface area contributed by atoms with Gasteiger partial charge >= 0.3 is 0 Å². The second-order valence-corrected chi connectivity index (χ2v) is 7.45. The molecule has 0 saturated carbocycles. The minimum absolute atomic E-state index is 0.0171. The Hall–Kier alpha value is -3.79. The van der Waals surface area contributed by atoms with E-state index < -0.39 is 29.7 Å². The van der Waals surface area contributed by atoms with Gasteiger partial charge in [-0.2, -0.15) is 0 Å². The molecule has 2 aromatic carbocycles. The van der Waals surface area contributed by atoms with Crippen LogP contribution < -0.4 is 10.6 Å². The van der Waals surface area contributed by atoms with Crippen molar-refractivity contribution in [2.45, 2.75) is 6.17 Å². The number of carbonyl (C=O) groups excluding carboxylic acids is 3. The highest BCUT2D eigenvalue weighted by Crippen LogP contribution is 2.21. The summed E-state index contributed by atoms with van der Waals surface area (Å²) >= 11 is 5.89.